The molecule has 0 radical (unpaired) electrons. The summed E-state index contributed by atoms with van der Waals surface area (Å²) in [7, 11) is 0. The van der Waals surface area contributed by atoms with E-state index in [0.29, 0.717) is 5.82 Å². The number of aromatic nitrogens is 3. The Labute approximate surface area is 316 Å². The van der Waals surface area contributed by atoms with Gasteiger partial charge in [0.1, 0.15) is 5.37 Å². The lowest BCUT2D eigenvalue weighted by molar-refractivity contribution is 1.14. The molecule has 0 saturated carbocycles. The number of nitrogens with one attached hydrogen (secondary N) is 1. The van der Waals surface area contributed by atoms with Crippen LogP contribution in [0.2, 0.25) is 0 Å². The van der Waals surface area contributed by atoms with Crippen LogP contribution in [0.4, 0.5) is 5.69 Å². The number of hydrogen-bond donors (Lipinski definition) is 1. The molecule has 0 bridgehead atoms. The van der Waals surface area contributed by atoms with E-state index < -0.39 is 0 Å². The Kier molecular flexibility index (Phi) is 7.13. The average Bonchev–Trinajstić information content (AvgIpc) is 3.84. The van der Waals surface area contributed by atoms with Crippen LogP contribution in [0.1, 0.15) is 10.9 Å². The maximum absolute atomic E-state index is 5.30. The van der Waals surface area contributed by atoms with Crippen LogP contribution in [-0.4, -0.2) is 14.5 Å². The van der Waals surface area contributed by atoms with E-state index in [9.17, 15) is 0 Å². The summed E-state index contributed by atoms with van der Waals surface area (Å²) in [6.07, 6.45) is 0. The van der Waals surface area contributed by atoms with E-state index in [-0.39, 0.29) is 5.37 Å². The lowest BCUT2D eigenvalue weighted by atomic mass is 9.98. The lowest BCUT2D eigenvalue weighted by Gasteiger charge is -2.13. The SMILES string of the molecule is c1ccc(-c2cc(-c3ccc4c5ccccc5n(-c5ccccc5)c4c3)nc(-c3ccc4c(ccc5ccc6c(c54)NC(c4ccccc4)S6)c3)n2)cc1. The molecular weight excluding hydrogens is 677 g/mol. The zero-order chi connectivity index (χ0) is 35.6. The normalized spacial score (nSPS) is 13.8. The van der Waals surface area contributed by atoms with Gasteiger partial charge in [0, 0.05) is 43.4 Å². The fourth-order valence-electron chi connectivity index (χ4n) is 8.05. The molecule has 1 aliphatic rings. The van der Waals surface area contributed by atoms with Crippen LogP contribution in [0.5, 0.6) is 0 Å². The Bertz CT molecular complexity index is 3050. The molecule has 11 rings (SSSR count). The van der Waals surface area contributed by atoms with Crippen molar-refractivity contribution in [1.29, 1.82) is 0 Å². The van der Waals surface area contributed by atoms with Crippen LogP contribution in [-0.2, 0) is 0 Å². The number of nitrogens with zero attached hydrogens (tertiary/aromatic N) is 3. The predicted octanol–water partition coefficient (Wildman–Crippen LogP) is 13.1. The molecule has 0 amide bonds. The summed E-state index contributed by atoms with van der Waals surface area (Å²) in [5.74, 6) is 0.702. The molecule has 1 unspecified atom stereocenters. The van der Waals surface area contributed by atoms with Gasteiger partial charge in [0.2, 0.25) is 0 Å². The Morgan fingerprint density at radius 1 is 0.481 bits per heavy atom. The highest BCUT2D eigenvalue weighted by Gasteiger charge is 2.25. The average molecular weight is 709 g/mol. The zero-order valence-electron chi connectivity index (χ0n) is 29.1. The van der Waals surface area contributed by atoms with Gasteiger partial charge in [-0.25, -0.2) is 9.97 Å². The van der Waals surface area contributed by atoms with Gasteiger partial charge in [0.15, 0.2) is 5.82 Å². The minimum atomic E-state index is 0.182. The Morgan fingerprint density at radius 3 is 1.96 bits per heavy atom. The van der Waals surface area contributed by atoms with E-state index in [1.165, 1.54) is 48.6 Å². The Hall–Kier alpha value is -6.69. The second-order valence-corrected chi connectivity index (χ2v) is 15.0. The van der Waals surface area contributed by atoms with Crippen molar-refractivity contribution in [2.45, 2.75) is 10.3 Å². The third-order valence-corrected chi connectivity index (χ3v) is 11.8. The smallest absolute Gasteiger partial charge is 0.160 e. The van der Waals surface area contributed by atoms with E-state index in [4.69, 9.17) is 9.97 Å². The van der Waals surface area contributed by atoms with Gasteiger partial charge < -0.3 is 9.88 Å². The third-order valence-electron chi connectivity index (χ3n) is 10.6. The molecule has 0 fully saturated rings. The van der Waals surface area contributed by atoms with Crippen molar-refractivity contribution >= 4 is 60.8 Å². The number of anilines is 1. The molecule has 8 aromatic carbocycles. The minimum Gasteiger partial charge on any atom is -0.368 e. The van der Waals surface area contributed by atoms with E-state index >= 15 is 0 Å². The first-order valence-corrected chi connectivity index (χ1v) is 19.1. The number of benzene rings is 8. The van der Waals surface area contributed by atoms with E-state index in [1.54, 1.807) is 0 Å². The van der Waals surface area contributed by atoms with Crippen molar-refractivity contribution < 1.29 is 0 Å². The van der Waals surface area contributed by atoms with Gasteiger partial charge in [-0.2, -0.15) is 0 Å². The van der Waals surface area contributed by atoms with Gasteiger partial charge in [0.25, 0.3) is 0 Å². The van der Waals surface area contributed by atoms with E-state index in [1.807, 2.05) is 17.8 Å². The molecule has 1 atom stereocenters. The van der Waals surface area contributed by atoms with Gasteiger partial charge >= 0.3 is 0 Å². The van der Waals surface area contributed by atoms with E-state index in [2.05, 4.69) is 186 Å². The third kappa shape index (κ3) is 5.08. The Balaban J connectivity index is 1.07. The molecule has 3 heterocycles. The van der Waals surface area contributed by atoms with Crippen molar-refractivity contribution in [3.63, 3.8) is 0 Å². The molecular formula is C49H32N4S. The fourth-order valence-corrected chi connectivity index (χ4v) is 9.20. The molecule has 4 nitrogen and oxygen atoms in total. The van der Waals surface area contributed by atoms with Crippen molar-refractivity contribution in [2.24, 2.45) is 0 Å². The predicted molar refractivity (Wildman–Crippen MR) is 226 cm³/mol. The second kappa shape index (κ2) is 12.5. The number of rotatable bonds is 5. The summed E-state index contributed by atoms with van der Waals surface area (Å²) in [6.45, 7) is 0. The van der Waals surface area contributed by atoms with Gasteiger partial charge in [0.05, 0.1) is 28.1 Å². The molecule has 0 saturated heterocycles. The maximum Gasteiger partial charge on any atom is 0.160 e. The van der Waals surface area contributed by atoms with Crippen molar-refractivity contribution in [3.05, 3.63) is 188 Å². The van der Waals surface area contributed by atoms with E-state index in [0.717, 1.165) is 44.7 Å². The summed E-state index contributed by atoms with van der Waals surface area (Å²) in [4.78, 5) is 11.8. The fraction of sp³-hybridized carbons (Fsp3) is 0.0204. The minimum absolute atomic E-state index is 0.182. The van der Waals surface area contributed by atoms with Crippen LogP contribution in [0, 0.1) is 0 Å². The second-order valence-electron chi connectivity index (χ2n) is 13.8. The molecule has 254 valence electrons. The topological polar surface area (TPSA) is 42.7 Å². The molecule has 10 aromatic rings. The first-order chi connectivity index (χ1) is 26.7. The molecule has 54 heavy (non-hydrogen) atoms. The van der Waals surface area contributed by atoms with Gasteiger partial charge in [-0.3, -0.25) is 0 Å². The van der Waals surface area contributed by atoms with Gasteiger partial charge in [-0.15, -0.1) is 0 Å². The molecule has 0 aliphatic carbocycles. The molecule has 1 aliphatic heterocycles. The molecule has 5 heteroatoms. The van der Waals surface area contributed by atoms with Crippen LogP contribution in [0.25, 0.3) is 82.9 Å². The first kappa shape index (κ1) is 30.9. The summed E-state index contributed by atoms with van der Waals surface area (Å²) in [6, 6.07) is 64.8. The monoisotopic (exact) mass is 708 g/mol. The zero-order valence-corrected chi connectivity index (χ0v) is 30.0. The summed E-state index contributed by atoms with van der Waals surface area (Å²) in [5, 5.41) is 11.3. The highest BCUT2D eigenvalue weighted by Crippen LogP contribution is 2.50. The standard InChI is InChI=1S/C49H32N4S/c1-4-12-31(13-5-1)41-30-42(35-22-26-40-39-18-10-11-19-43(39)53(44(40)29-35)37-16-8-3-9-17-37)51-48(50-41)36-23-25-38-34(28-36)21-20-32-24-27-45-47(46(32)38)52-49(54-45)33-14-6-2-7-15-33/h1-30,49,52H. The lowest BCUT2D eigenvalue weighted by Crippen LogP contribution is -2.01. The van der Waals surface area contributed by atoms with Crippen LogP contribution in [0.15, 0.2) is 187 Å². The number of thioether (sulfide) groups is 1. The Morgan fingerprint density at radius 2 is 1.13 bits per heavy atom. The molecule has 1 N–H and O–H groups in total. The van der Waals surface area contributed by atoms with Crippen molar-refractivity contribution in [2.75, 3.05) is 5.32 Å². The number of fused-ring (bicyclic) bond motifs is 8. The maximum atomic E-state index is 5.30. The molecule has 0 spiro atoms. The summed E-state index contributed by atoms with van der Waals surface area (Å²) >= 11 is 1.88. The summed E-state index contributed by atoms with van der Waals surface area (Å²) in [5.41, 5.74) is 10.8. The van der Waals surface area contributed by atoms with Crippen molar-refractivity contribution in [3.8, 4) is 39.6 Å². The molecule has 2 aromatic heterocycles. The number of hydrogen-bond acceptors (Lipinski definition) is 4. The number of para-hydroxylation sites is 2. The van der Waals surface area contributed by atoms with Crippen LogP contribution in [0.3, 0.4) is 0 Å². The van der Waals surface area contributed by atoms with Crippen LogP contribution < -0.4 is 5.32 Å². The highest BCUT2D eigenvalue weighted by atomic mass is 32.2. The quantitative estimate of drug-likeness (QED) is 0.181. The largest absolute Gasteiger partial charge is 0.368 e. The summed E-state index contributed by atoms with van der Waals surface area (Å²) < 4.78 is 2.36. The van der Waals surface area contributed by atoms with Gasteiger partial charge in [-0.1, -0.05) is 151 Å². The highest BCUT2D eigenvalue weighted by molar-refractivity contribution is 8.00. The van der Waals surface area contributed by atoms with Crippen molar-refractivity contribution in [1.82, 2.24) is 14.5 Å². The van der Waals surface area contributed by atoms with Crippen LogP contribution >= 0.6 is 11.8 Å². The first-order valence-electron chi connectivity index (χ1n) is 18.3. The van der Waals surface area contributed by atoms with Gasteiger partial charge in [-0.05, 0) is 64.2 Å².